The zero-order valence-corrected chi connectivity index (χ0v) is 11.9. The van der Waals surface area contributed by atoms with Gasteiger partial charge in [0.1, 0.15) is 10.9 Å². The first kappa shape index (κ1) is 13.0. The molecule has 4 rings (SSSR count). The van der Waals surface area contributed by atoms with Gasteiger partial charge in [0.15, 0.2) is 5.65 Å². The highest BCUT2D eigenvalue weighted by Gasteiger charge is 2.55. The van der Waals surface area contributed by atoms with Crippen molar-refractivity contribution >= 4 is 17.1 Å². The molecule has 1 aromatic carbocycles. The van der Waals surface area contributed by atoms with Crippen LogP contribution in [0, 0.1) is 0 Å². The maximum Gasteiger partial charge on any atom is 0.316 e. The number of imidazole rings is 1. The molecule has 2 heterocycles. The van der Waals surface area contributed by atoms with Crippen molar-refractivity contribution in [3.05, 3.63) is 60.6 Å². The number of pyridine rings is 1. The van der Waals surface area contributed by atoms with Crippen molar-refractivity contribution in [3.63, 3.8) is 0 Å². The van der Waals surface area contributed by atoms with E-state index in [2.05, 4.69) is 9.97 Å². The quantitative estimate of drug-likeness (QED) is 0.806. The van der Waals surface area contributed by atoms with Crippen LogP contribution in [0.5, 0.6) is 0 Å². The Bertz CT molecular complexity index is 843. The molecule has 2 unspecified atom stereocenters. The van der Waals surface area contributed by atoms with Gasteiger partial charge in [0, 0.05) is 6.20 Å². The van der Waals surface area contributed by atoms with E-state index in [1.807, 2.05) is 47.0 Å². The van der Waals surface area contributed by atoms with Gasteiger partial charge in [-0.1, -0.05) is 30.3 Å². The first-order valence-corrected chi connectivity index (χ1v) is 7.30. The summed E-state index contributed by atoms with van der Waals surface area (Å²) < 4.78 is 1.92. The number of carbonyl (C=O) groups is 1. The number of carboxylic acid groups (broad SMARTS) is 1. The van der Waals surface area contributed by atoms with Crippen LogP contribution in [-0.4, -0.2) is 25.6 Å². The third-order valence-electron chi connectivity index (χ3n) is 4.72. The van der Waals surface area contributed by atoms with Crippen molar-refractivity contribution in [3.8, 4) is 0 Å². The van der Waals surface area contributed by atoms with Crippen LogP contribution in [0.25, 0.3) is 11.2 Å². The van der Waals surface area contributed by atoms with Crippen LogP contribution in [0.3, 0.4) is 0 Å². The summed E-state index contributed by atoms with van der Waals surface area (Å²) in [6.07, 6.45) is 4.86. The maximum absolute atomic E-state index is 12.1. The van der Waals surface area contributed by atoms with E-state index in [0.29, 0.717) is 6.42 Å². The van der Waals surface area contributed by atoms with Crippen molar-refractivity contribution in [2.24, 2.45) is 0 Å². The lowest BCUT2D eigenvalue weighted by Crippen LogP contribution is -2.51. The van der Waals surface area contributed by atoms with Crippen LogP contribution in [0.2, 0.25) is 0 Å². The smallest absolute Gasteiger partial charge is 0.316 e. The molecule has 0 spiro atoms. The molecule has 1 saturated carbocycles. The van der Waals surface area contributed by atoms with Crippen LogP contribution in [0.4, 0.5) is 0 Å². The Kier molecular flexibility index (Phi) is 2.76. The minimum absolute atomic E-state index is 0.160. The van der Waals surface area contributed by atoms with Crippen molar-refractivity contribution in [2.45, 2.75) is 24.3 Å². The van der Waals surface area contributed by atoms with Gasteiger partial charge >= 0.3 is 5.97 Å². The van der Waals surface area contributed by atoms with Gasteiger partial charge in [0.2, 0.25) is 0 Å². The van der Waals surface area contributed by atoms with Gasteiger partial charge in [-0.3, -0.25) is 4.79 Å². The Morgan fingerprint density at radius 2 is 2.00 bits per heavy atom. The van der Waals surface area contributed by atoms with E-state index in [0.717, 1.165) is 23.1 Å². The molecule has 22 heavy (non-hydrogen) atoms. The number of carboxylic acids is 1. The molecule has 2 atom stereocenters. The highest BCUT2D eigenvalue weighted by molar-refractivity contribution is 5.84. The van der Waals surface area contributed by atoms with Crippen LogP contribution in [0.1, 0.15) is 24.4 Å². The number of hydrogen-bond acceptors (Lipinski definition) is 3. The summed E-state index contributed by atoms with van der Waals surface area (Å²) in [5.41, 5.74) is 1.49. The molecule has 2 aromatic heterocycles. The summed E-state index contributed by atoms with van der Waals surface area (Å²) >= 11 is 0. The molecule has 0 radical (unpaired) electrons. The molecule has 0 saturated heterocycles. The van der Waals surface area contributed by atoms with E-state index in [4.69, 9.17) is 0 Å². The van der Waals surface area contributed by atoms with E-state index >= 15 is 0 Å². The van der Waals surface area contributed by atoms with E-state index in [9.17, 15) is 9.90 Å². The zero-order chi connectivity index (χ0) is 15.2. The number of nitrogens with zero attached hydrogens (tertiary/aromatic N) is 3. The molecule has 0 aliphatic heterocycles. The van der Waals surface area contributed by atoms with Crippen LogP contribution >= 0.6 is 0 Å². The number of benzene rings is 1. The molecule has 1 N–H and O–H groups in total. The van der Waals surface area contributed by atoms with Gasteiger partial charge < -0.3 is 9.67 Å². The van der Waals surface area contributed by atoms with Crippen molar-refractivity contribution in [2.75, 3.05) is 0 Å². The standard InChI is InChI=1S/C17H15N3O2/c21-16(22)17(12-5-2-1-3-6-12)9-8-14(17)20-11-19-13-7-4-10-18-15(13)20/h1-7,10-11,14H,8-9H2,(H,21,22). The topological polar surface area (TPSA) is 68.0 Å². The summed E-state index contributed by atoms with van der Waals surface area (Å²) in [5, 5.41) is 9.92. The van der Waals surface area contributed by atoms with Gasteiger partial charge in [-0.15, -0.1) is 0 Å². The Balaban J connectivity index is 1.87. The minimum atomic E-state index is -0.896. The zero-order valence-electron chi connectivity index (χ0n) is 11.9. The molecule has 110 valence electrons. The summed E-state index contributed by atoms with van der Waals surface area (Å²) in [6, 6.07) is 13.0. The van der Waals surface area contributed by atoms with Crippen molar-refractivity contribution in [1.29, 1.82) is 0 Å². The Morgan fingerprint density at radius 3 is 2.68 bits per heavy atom. The van der Waals surface area contributed by atoms with Crippen LogP contribution in [0.15, 0.2) is 55.0 Å². The molecular weight excluding hydrogens is 278 g/mol. The van der Waals surface area contributed by atoms with Crippen molar-refractivity contribution < 1.29 is 9.90 Å². The molecule has 1 fully saturated rings. The highest BCUT2D eigenvalue weighted by Crippen LogP contribution is 2.52. The molecule has 0 amide bonds. The predicted octanol–water partition coefficient (Wildman–Crippen LogP) is 2.79. The fourth-order valence-electron chi connectivity index (χ4n) is 3.48. The van der Waals surface area contributed by atoms with Gasteiger partial charge in [-0.25, -0.2) is 9.97 Å². The Labute approximate surface area is 127 Å². The molecular formula is C17H15N3O2. The summed E-state index contributed by atoms with van der Waals surface area (Å²) in [6.45, 7) is 0. The third kappa shape index (κ3) is 1.62. The van der Waals surface area contributed by atoms with Crippen LogP contribution in [-0.2, 0) is 10.2 Å². The summed E-state index contributed by atoms with van der Waals surface area (Å²) in [7, 11) is 0. The number of aliphatic carboxylic acids is 1. The Morgan fingerprint density at radius 1 is 1.18 bits per heavy atom. The van der Waals surface area contributed by atoms with Crippen LogP contribution < -0.4 is 0 Å². The Hall–Kier alpha value is -2.69. The van der Waals surface area contributed by atoms with Gasteiger partial charge in [0.25, 0.3) is 0 Å². The minimum Gasteiger partial charge on any atom is -0.481 e. The largest absolute Gasteiger partial charge is 0.481 e. The molecule has 0 bridgehead atoms. The first-order chi connectivity index (χ1) is 10.7. The number of fused-ring (bicyclic) bond motifs is 1. The lowest BCUT2D eigenvalue weighted by molar-refractivity contribution is -0.150. The molecule has 3 aromatic rings. The number of aromatic nitrogens is 3. The third-order valence-corrected chi connectivity index (χ3v) is 4.72. The maximum atomic E-state index is 12.1. The summed E-state index contributed by atoms with van der Waals surface area (Å²) in [4.78, 5) is 20.8. The van der Waals surface area contributed by atoms with Gasteiger partial charge in [-0.2, -0.15) is 0 Å². The second-order valence-corrected chi connectivity index (χ2v) is 5.69. The lowest BCUT2D eigenvalue weighted by atomic mass is 9.60. The number of rotatable bonds is 3. The summed E-state index contributed by atoms with van der Waals surface area (Å²) in [5.74, 6) is -0.785. The normalized spacial score (nSPS) is 24.1. The number of hydrogen-bond donors (Lipinski definition) is 1. The van der Waals surface area contributed by atoms with Gasteiger partial charge in [0.05, 0.1) is 12.4 Å². The second-order valence-electron chi connectivity index (χ2n) is 5.69. The SMILES string of the molecule is O=C(O)C1(c2ccccc2)CCC1n1cnc2cccnc21. The van der Waals surface area contributed by atoms with E-state index < -0.39 is 11.4 Å². The average molecular weight is 293 g/mol. The fourth-order valence-corrected chi connectivity index (χ4v) is 3.48. The molecule has 1 aliphatic carbocycles. The van der Waals surface area contributed by atoms with E-state index in [1.165, 1.54) is 0 Å². The van der Waals surface area contributed by atoms with Gasteiger partial charge in [-0.05, 0) is 30.5 Å². The monoisotopic (exact) mass is 293 g/mol. The van der Waals surface area contributed by atoms with E-state index in [1.54, 1.807) is 12.5 Å². The lowest BCUT2D eigenvalue weighted by Gasteiger charge is -2.47. The molecule has 5 heteroatoms. The average Bonchev–Trinajstić information content (AvgIpc) is 2.91. The highest BCUT2D eigenvalue weighted by atomic mass is 16.4. The molecule has 5 nitrogen and oxygen atoms in total. The predicted molar refractivity (Wildman–Crippen MR) is 81.6 cm³/mol. The second kappa shape index (κ2) is 4.66. The molecule has 1 aliphatic rings. The fraction of sp³-hybridized carbons (Fsp3) is 0.235. The van der Waals surface area contributed by atoms with E-state index in [-0.39, 0.29) is 6.04 Å². The van der Waals surface area contributed by atoms with Crippen molar-refractivity contribution in [1.82, 2.24) is 14.5 Å². The first-order valence-electron chi connectivity index (χ1n) is 7.30.